The van der Waals surface area contributed by atoms with Crippen molar-refractivity contribution < 1.29 is 0 Å². The molecule has 0 radical (unpaired) electrons. The number of hydrazone groups is 1. The highest BCUT2D eigenvalue weighted by Crippen LogP contribution is 2.17. The maximum atomic E-state index is 12.6. The van der Waals surface area contributed by atoms with Crippen molar-refractivity contribution in [2.24, 2.45) is 19.2 Å². The van der Waals surface area contributed by atoms with Gasteiger partial charge in [-0.3, -0.25) is 13.9 Å². The second kappa shape index (κ2) is 7.91. The minimum atomic E-state index is -0.405. The number of fused-ring (bicyclic) bond motifs is 1. The van der Waals surface area contributed by atoms with Crippen LogP contribution in [0.15, 0.2) is 43.4 Å². The standard InChI is InChI=1S/C18H21BrN6O2/c1-4-5-10-25-14-15(23(2)18(27)24(3)16(14)26)21-17(25)22-20-11-12-6-8-13(19)9-7-12/h6-9,11H,4-5,10H2,1-3H3,(H,21,22). The lowest BCUT2D eigenvalue weighted by atomic mass is 10.2. The molecule has 0 fully saturated rings. The molecule has 27 heavy (non-hydrogen) atoms. The molecular weight excluding hydrogens is 412 g/mol. The molecule has 1 N–H and O–H groups in total. The Morgan fingerprint density at radius 3 is 2.56 bits per heavy atom. The average Bonchev–Trinajstić information content (AvgIpc) is 3.03. The monoisotopic (exact) mass is 432 g/mol. The van der Waals surface area contributed by atoms with E-state index in [1.807, 2.05) is 24.3 Å². The lowest BCUT2D eigenvalue weighted by molar-refractivity contribution is 0.641. The van der Waals surface area contributed by atoms with Gasteiger partial charge in [0, 0.05) is 25.1 Å². The van der Waals surface area contributed by atoms with Gasteiger partial charge in [-0.15, -0.1) is 0 Å². The molecule has 0 unspecified atom stereocenters. The van der Waals surface area contributed by atoms with Crippen LogP contribution in [-0.4, -0.2) is 24.9 Å². The molecule has 0 aliphatic rings. The van der Waals surface area contributed by atoms with Gasteiger partial charge in [-0.05, 0) is 24.1 Å². The second-order valence-electron chi connectivity index (χ2n) is 6.24. The van der Waals surface area contributed by atoms with Gasteiger partial charge in [-0.1, -0.05) is 41.4 Å². The molecule has 0 aliphatic carbocycles. The fraction of sp³-hybridized carbons (Fsp3) is 0.333. The van der Waals surface area contributed by atoms with E-state index in [9.17, 15) is 9.59 Å². The lowest BCUT2D eigenvalue weighted by Gasteiger charge is -2.08. The zero-order valence-corrected chi connectivity index (χ0v) is 17.0. The number of nitrogens with zero attached hydrogens (tertiary/aromatic N) is 5. The van der Waals surface area contributed by atoms with Gasteiger partial charge >= 0.3 is 5.69 Å². The highest BCUT2D eigenvalue weighted by atomic mass is 79.9. The smallest absolute Gasteiger partial charge is 0.303 e. The van der Waals surface area contributed by atoms with Crippen LogP contribution >= 0.6 is 15.9 Å². The van der Waals surface area contributed by atoms with Crippen molar-refractivity contribution in [2.75, 3.05) is 5.43 Å². The number of aromatic nitrogens is 4. The largest absolute Gasteiger partial charge is 0.332 e. The van der Waals surface area contributed by atoms with E-state index in [0.717, 1.165) is 27.4 Å². The minimum absolute atomic E-state index is 0.348. The Morgan fingerprint density at radius 2 is 1.89 bits per heavy atom. The molecule has 0 spiro atoms. The van der Waals surface area contributed by atoms with E-state index >= 15 is 0 Å². The quantitative estimate of drug-likeness (QED) is 0.478. The average molecular weight is 433 g/mol. The maximum Gasteiger partial charge on any atom is 0.332 e. The molecule has 2 heterocycles. The summed E-state index contributed by atoms with van der Waals surface area (Å²) in [7, 11) is 3.08. The summed E-state index contributed by atoms with van der Waals surface area (Å²) in [6.45, 7) is 2.68. The van der Waals surface area contributed by atoms with Crippen LogP contribution in [-0.2, 0) is 20.6 Å². The number of hydrogen-bond donors (Lipinski definition) is 1. The SMILES string of the molecule is CCCCn1c(NN=Cc2ccc(Br)cc2)nc2c1c(=O)n(C)c(=O)n2C. The van der Waals surface area contributed by atoms with Crippen molar-refractivity contribution in [3.63, 3.8) is 0 Å². The minimum Gasteiger partial charge on any atom is -0.303 e. The van der Waals surface area contributed by atoms with E-state index in [0.29, 0.717) is 23.7 Å². The molecule has 0 atom stereocenters. The van der Waals surface area contributed by atoms with Crippen LogP contribution in [0, 0.1) is 0 Å². The van der Waals surface area contributed by atoms with Gasteiger partial charge in [0.15, 0.2) is 11.2 Å². The Morgan fingerprint density at radius 1 is 1.19 bits per heavy atom. The second-order valence-corrected chi connectivity index (χ2v) is 7.16. The van der Waals surface area contributed by atoms with E-state index in [1.54, 1.807) is 17.8 Å². The molecule has 8 nitrogen and oxygen atoms in total. The molecule has 0 amide bonds. The number of aryl methyl sites for hydroxylation is 2. The van der Waals surface area contributed by atoms with Gasteiger partial charge in [-0.25, -0.2) is 10.2 Å². The number of halogens is 1. The van der Waals surface area contributed by atoms with Crippen LogP contribution in [0.4, 0.5) is 5.95 Å². The zero-order chi connectivity index (χ0) is 19.6. The Bertz CT molecular complexity index is 1110. The topological polar surface area (TPSA) is 86.2 Å². The lowest BCUT2D eigenvalue weighted by Crippen LogP contribution is -2.37. The number of benzene rings is 1. The molecule has 0 bridgehead atoms. The van der Waals surface area contributed by atoms with E-state index < -0.39 is 5.69 Å². The highest BCUT2D eigenvalue weighted by Gasteiger charge is 2.18. The summed E-state index contributed by atoms with van der Waals surface area (Å²) in [5.74, 6) is 0.435. The Kier molecular flexibility index (Phi) is 5.59. The molecule has 0 saturated carbocycles. The third-order valence-corrected chi connectivity index (χ3v) is 4.86. The molecule has 0 saturated heterocycles. The van der Waals surface area contributed by atoms with Crippen molar-refractivity contribution >= 4 is 39.3 Å². The van der Waals surface area contributed by atoms with Crippen LogP contribution in [0.1, 0.15) is 25.3 Å². The molecule has 3 aromatic rings. The fourth-order valence-electron chi connectivity index (χ4n) is 2.78. The van der Waals surface area contributed by atoms with Gasteiger partial charge in [-0.2, -0.15) is 10.1 Å². The first kappa shape index (κ1) is 19.1. The van der Waals surface area contributed by atoms with Gasteiger partial charge < -0.3 is 4.57 Å². The summed E-state index contributed by atoms with van der Waals surface area (Å²) >= 11 is 3.40. The normalized spacial score (nSPS) is 11.6. The summed E-state index contributed by atoms with van der Waals surface area (Å²) < 4.78 is 5.26. The number of unbranched alkanes of at least 4 members (excludes halogenated alkanes) is 1. The van der Waals surface area contributed by atoms with Gasteiger partial charge in [0.25, 0.3) is 5.56 Å². The number of rotatable bonds is 6. The first-order valence-corrected chi connectivity index (χ1v) is 9.44. The Hall–Kier alpha value is -2.68. The number of imidazole rings is 1. The Labute approximate surface area is 164 Å². The van der Waals surface area contributed by atoms with Crippen molar-refractivity contribution in [1.82, 2.24) is 18.7 Å². The van der Waals surface area contributed by atoms with E-state index in [-0.39, 0.29) is 5.56 Å². The summed E-state index contributed by atoms with van der Waals surface area (Å²) in [6, 6.07) is 7.71. The maximum absolute atomic E-state index is 12.6. The van der Waals surface area contributed by atoms with E-state index in [1.165, 1.54) is 11.6 Å². The molecule has 9 heteroatoms. The van der Waals surface area contributed by atoms with Crippen LogP contribution in [0.25, 0.3) is 11.2 Å². The molecular formula is C18H21BrN6O2. The van der Waals surface area contributed by atoms with Crippen LogP contribution in [0.2, 0.25) is 0 Å². The van der Waals surface area contributed by atoms with Gasteiger partial charge in [0.2, 0.25) is 5.95 Å². The third-order valence-electron chi connectivity index (χ3n) is 4.33. The molecule has 3 rings (SSSR count). The number of hydrogen-bond acceptors (Lipinski definition) is 5. The summed E-state index contributed by atoms with van der Waals surface area (Å²) in [5, 5.41) is 4.24. The van der Waals surface area contributed by atoms with Crippen LogP contribution in [0.5, 0.6) is 0 Å². The predicted molar refractivity (Wildman–Crippen MR) is 110 cm³/mol. The van der Waals surface area contributed by atoms with Crippen LogP contribution < -0.4 is 16.7 Å². The third kappa shape index (κ3) is 3.73. The number of nitrogens with one attached hydrogen (secondary N) is 1. The molecule has 0 aliphatic heterocycles. The zero-order valence-electron chi connectivity index (χ0n) is 15.4. The summed E-state index contributed by atoms with van der Waals surface area (Å²) in [5.41, 5.74) is 3.82. The van der Waals surface area contributed by atoms with Gasteiger partial charge in [0.1, 0.15) is 0 Å². The van der Waals surface area contributed by atoms with Crippen molar-refractivity contribution in [3.8, 4) is 0 Å². The molecule has 142 valence electrons. The van der Waals surface area contributed by atoms with E-state index in [4.69, 9.17) is 0 Å². The van der Waals surface area contributed by atoms with Crippen molar-refractivity contribution in [1.29, 1.82) is 0 Å². The predicted octanol–water partition coefficient (Wildman–Crippen LogP) is 2.44. The molecule has 2 aromatic heterocycles. The van der Waals surface area contributed by atoms with Crippen LogP contribution in [0.3, 0.4) is 0 Å². The molecule has 1 aromatic carbocycles. The fourth-order valence-corrected chi connectivity index (χ4v) is 3.04. The summed E-state index contributed by atoms with van der Waals surface area (Å²) in [6.07, 6.45) is 3.52. The Balaban J connectivity index is 2.04. The van der Waals surface area contributed by atoms with Crippen molar-refractivity contribution in [3.05, 3.63) is 55.1 Å². The number of anilines is 1. The van der Waals surface area contributed by atoms with Crippen molar-refractivity contribution in [2.45, 2.75) is 26.3 Å². The van der Waals surface area contributed by atoms with E-state index in [2.05, 4.69) is 38.4 Å². The first-order valence-electron chi connectivity index (χ1n) is 8.65. The van der Waals surface area contributed by atoms with Gasteiger partial charge in [0.05, 0.1) is 6.21 Å². The first-order chi connectivity index (χ1) is 12.9. The summed E-state index contributed by atoms with van der Waals surface area (Å²) in [4.78, 5) is 29.3. The highest BCUT2D eigenvalue weighted by molar-refractivity contribution is 9.10.